The Morgan fingerprint density at radius 3 is 0.600 bits per heavy atom. The molecule has 0 rings (SSSR count). The summed E-state index contributed by atoms with van der Waals surface area (Å²) in [4.78, 5) is 0. The summed E-state index contributed by atoms with van der Waals surface area (Å²) in [6.07, 6.45) is 5.28. The molecule has 0 aromatic carbocycles. The van der Waals surface area contributed by atoms with E-state index in [0.29, 0.717) is 0 Å². The maximum atomic E-state index is 2.18. The molecule has 0 saturated carbocycles. The average Bonchev–Trinajstić information content (AvgIpc) is 1.88. The summed E-state index contributed by atoms with van der Waals surface area (Å²) in [5, 5.41) is 0. The average molecular weight is 162 g/mol. The van der Waals surface area contributed by atoms with Gasteiger partial charge in [-0.2, -0.15) is 0 Å². The molecule has 0 heterocycles. The van der Waals surface area contributed by atoms with Gasteiger partial charge in [0.15, 0.2) is 0 Å². The van der Waals surface area contributed by atoms with Gasteiger partial charge in [-0.1, -0.05) is 53.4 Å². The molecule has 0 unspecified atom stereocenters. The molecule has 0 aliphatic carbocycles. The van der Waals surface area contributed by atoms with Gasteiger partial charge in [0.05, 0.1) is 0 Å². The Bertz CT molecular complexity index is 15.2. The fourth-order valence-corrected chi connectivity index (χ4v) is 0. The van der Waals surface area contributed by atoms with Gasteiger partial charge in [-0.3, -0.25) is 0 Å². The van der Waals surface area contributed by atoms with Crippen LogP contribution in [0, 0.1) is 0 Å². The van der Waals surface area contributed by atoms with Gasteiger partial charge in [-0.05, 0) is 0 Å². The standard InChI is InChI=1S/2C4H10.2Na/c2*1-3-4-2;;/h2*3-4H2,1-2H3;;. The van der Waals surface area contributed by atoms with Crippen molar-refractivity contribution < 1.29 is 0 Å². The van der Waals surface area contributed by atoms with E-state index < -0.39 is 0 Å². The maximum Gasteiger partial charge on any atom is 0 e. The van der Waals surface area contributed by atoms with Gasteiger partial charge in [0.1, 0.15) is 0 Å². The minimum absolute atomic E-state index is 0. The molecule has 0 aliphatic heterocycles. The molecule has 0 aliphatic rings. The predicted octanol–water partition coefficient (Wildman–Crippen LogP) is 2.85. The summed E-state index contributed by atoms with van der Waals surface area (Å²) in [6, 6.07) is 0. The van der Waals surface area contributed by atoms with Crippen molar-refractivity contribution in [1.29, 1.82) is 0 Å². The van der Waals surface area contributed by atoms with Gasteiger partial charge < -0.3 is 0 Å². The molecule has 2 radical (unpaired) electrons. The molecule has 0 aromatic heterocycles. The molecular weight excluding hydrogens is 142 g/mol. The fraction of sp³-hybridized carbons (Fsp3) is 1.00. The molecule has 54 valence electrons. The maximum absolute atomic E-state index is 2.18. The molecule has 0 spiro atoms. The van der Waals surface area contributed by atoms with E-state index in [9.17, 15) is 0 Å². The van der Waals surface area contributed by atoms with Crippen LogP contribution in [0.2, 0.25) is 0 Å². The third-order valence-electron chi connectivity index (χ3n) is 1.000. The third-order valence-corrected chi connectivity index (χ3v) is 1.000. The normalized spacial score (nSPS) is 6.00. The molecule has 0 atom stereocenters. The Kier molecular flexibility index (Phi) is 69.3. The molecule has 0 nitrogen and oxygen atoms in total. The van der Waals surface area contributed by atoms with Crippen molar-refractivity contribution in [3.8, 4) is 0 Å². The summed E-state index contributed by atoms with van der Waals surface area (Å²) in [5.74, 6) is 0. The van der Waals surface area contributed by atoms with Crippen LogP contribution in [0.25, 0.3) is 0 Å². The van der Waals surface area contributed by atoms with E-state index >= 15 is 0 Å². The molecule has 2 heteroatoms. The van der Waals surface area contributed by atoms with E-state index in [1.165, 1.54) is 25.7 Å². The Hall–Kier alpha value is 2.00. The van der Waals surface area contributed by atoms with Crippen LogP contribution in [0.1, 0.15) is 53.4 Å². The topological polar surface area (TPSA) is 0 Å². The predicted molar refractivity (Wildman–Crippen MR) is 52.7 cm³/mol. The summed E-state index contributed by atoms with van der Waals surface area (Å²) >= 11 is 0. The fourth-order valence-electron chi connectivity index (χ4n) is 0. The van der Waals surface area contributed by atoms with Crippen LogP contribution in [-0.4, -0.2) is 59.1 Å². The molecule has 0 aromatic rings. The second-order valence-corrected chi connectivity index (χ2v) is 2.00. The van der Waals surface area contributed by atoms with Gasteiger partial charge in [-0.15, -0.1) is 0 Å². The van der Waals surface area contributed by atoms with Crippen LogP contribution >= 0.6 is 0 Å². The first kappa shape index (κ1) is 22.7. The van der Waals surface area contributed by atoms with Gasteiger partial charge in [0.25, 0.3) is 0 Å². The minimum atomic E-state index is 0. The molecule has 0 N–H and O–H groups in total. The summed E-state index contributed by atoms with van der Waals surface area (Å²) in [5.41, 5.74) is 0. The van der Waals surface area contributed by atoms with Crippen LogP contribution in [0.3, 0.4) is 0 Å². The first-order chi connectivity index (χ1) is 3.83. The van der Waals surface area contributed by atoms with Gasteiger partial charge >= 0.3 is 0 Å². The quantitative estimate of drug-likeness (QED) is 0.548. The van der Waals surface area contributed by atoms with E-state index in [1.54, 1.807) is 0 Å². The number of unbranched alkanes of at least 4 members (excludes halogenated alkanes) is 2. The number of hydrogen-bond acceptors (Lipinski definition) is 0. The van der Waals surface area contributed by atoms with E-state index in [4.69, 9.17) is 0 Å². The van der Waals surface area contributed by atoms with Crippen molar-refractivity contribution in [2.75, 3.05) is 0 Å². The zero-order valence-electron chi connectivity index (χ0n) is 8.83. The Morgan fingerprint density at radius 1 is 0.500 bits per heavy atom. The SMILES string of the molecule is CCCC.CCCC.[Na].[Na]. The summed E-state index contributed by atoms with van der Waals surface area (Å²) in [7, 11) is 0. The minimum Gasteiger partial charge on any atom is -0.0654 e. The summed E-state index contributed by atoms with van der Waals surface area (Å²) < 4.78 is 0. The van der Waals surface area contributed by atoms with E-state index in [1.807, 2.05) is 0 Å². The number of hydrogen-bond donors (Lipinski definition) is 0. The Morgan fingerprint density at radius 2 is 0.600 bits per heavy atom. The monoisotopic (exact) mass is 162 g/mol. The van der Waals surface area contributed by atoms with E-state index in [0.717, 1.165) is 0 Å². The van der Waals surface area contributed by atoms with Crippen molar-refractivity contribution in [3.05, 3.63) is 0 Å². The van der Waals surface area contributed by atoms with Crippen LogP contribution in [-0.2, 0) is 0 Å². The van der Waals surface area contributed by atoms with Crippen molar-refractivity contribution in [3.63, 3.8) is 0 Å². The number of rotatable bonds is 2. The van der Waals surface area contributed by atoms with Crippen LogP contribution in [0.15, 0.2) is 0 Å². The first-order valence-corrected chi connectivity index (χ1v) is 3.83. The molecular formula is C8H20Na2. The Labute approximate surface area is 111 Å². The van der Waals surface area contributed by atoms with Gasteiger partial charge in [-0.25, -0.2) is 0 Å². The van der Waals surface area contributed by atoms with Crippen LogP contribution in [0.4, 0.5) is 0 Å². The molecule has 0 bridgehead atoms. The van der Waals surface area contributed by atoms with Crippen LogP contribution in [0.5, 0.6) is 0 Å². The Balaban J connectivity index is -0.0000000300. The smallest absolute Gasteiger partial charge is 0 e. The zero-order valence-corrected chi connectivity index (χ0v) is 12.8. The second kappa shape index (κ2) is 30.6. The molecule has 10 heavy (non-hydrogen) atoms. The van der Waals surface area contributed by atoms with E-state index in [-0.39, 0.29) is 59.1 Å². The first-order valence-electron chi connectivity index (χ1n) is 3.83. The molecule has 0 saturated heterocycles. The molecule has 0 amide bonds. The van der Waals surface area contributed by atoms with E-state index in [2.05, 4.69) is 27.7 Å². The van der Waals surface area contributed by atoms with Gasteiger partial charge in [0.2, 0.25) is 0 Å². The van der Waals surface area contributed by atoms with Crippen molar-refractivity contribution in [2.45, 2.75) is 53.4 Å². The van der Waals surface area contributed by atoms with Gasteiger partial charge in [0, 0.05) is 59.1 Å². The van der Waals surface area contributed by atoms with Crippen LogP contribution < -0.4 is 0 Å². The van der Waals surface area contributed by atoms with Crippen molar-refractivity contribution in [1.82, 2.24) is 0 Å². The third kappa shape index (κ3) is 50.6. The zero-order chi connectivity index (χ0) is 6.83. The second-order valence-electron chi connectivity index (χ2n) is 2.00. The largest absolute Gasteiger partial charge is 0.0654 e. The van der Waals surface area contributed by atoms with Crippen molar-refractivity contribution in [2.24, 2.45) is 0 Å². The van der Waals surface area contributed by atoms with Crippen molar-refractivity contribution >= 4 is 59.1 Å². The molecule has 0 fully saturated rings. The summed E-state index contributed by atoms with van der Waals surface area (Å²) in [6.45, 7) is 8.72.